The van der Waals surface area contributed by atoms with E-state index < -0.39 is 0 Å². The maximum absolute atomic E-state index is 6.09. The number of hydrogen-bond acceptors (Lipinski definition) is 3. The Labute approximate surface area is 124 Å². The molecule has 3 aromatic rings. The minimum Gasteiger partial charge on any atom is -0.397 e. The van der Waals surface area contributed by atoms with E-state index in [1.165, 1.54) is 0 Å². The van der Waals surface area contributed by atoms with Crippen LogP contribution in [0.1, 0.15) is 0 Å². The van der Waals surface area contributed by atoms with Crippen LogP contribution in [0.2, 0.25) is 0 Å². The number of halogens is 1. The molecule has 0 spiro atoms. The van der Waals surface area contributed by atoms with Crippen molar-refractivity contribution in [3.05, 3.63) is 59.2 Å². The summed E-state index contributed by atoms with van der Waals surface area (Å²) in [5, 5.41) is 1.09. The Bertz CT molecular complexity index is 743. The lowest BCUT2D eigenvalue weighted by molar-refractivity contribution is 1.34. The summed E-state index contributed by atoms with van der Waals surface area (Å²) in [5.74, 6) is 0. The highest BCUT2D eigenvalue weighted by atomic mass is 79.9. The number of nitrogens with two attached hydrogens (primary N) is 1. The second-order valence-electron chi connectivity index (χ2n) is 4.09. The van der Waals surface area contributed by atoms with E-state index in [2.05, 4.69) is 33.0 Å². The number of aromatic nitrogens is 1. The van der Waals surface area contributed by atoms with Crippen LogP contribution < -0.4 is 5.73 Å². The first-order valence-electron chi connectivity index (χ1n) is 5.81. The number of fused-ring (bicyclic) bond motifs is 1. The fourth-order valence-corrected chi connectivity index (χ4v) is 3.40. The Kier molecular flexibility index (Phi) is 3.44. The van der Waals surface area contributed by atoms with E-state index in [4.69, 9.17) is 5.73 Å². The van der Waals surface area contributed by atoms with Crippen molar-refractivity contribution in [2.75, 3.05) is 5.73 Å². The van der Waals surface area contributed by atoms with Crippen LogP contribution in [-0.4, -0.2) is 4.98 Å². The zero-order chi connectivity index (χ0) is 13.2. The lowest BCUT2D eigenvalue weighted by Crippen LogP contribution is -1.92. The van der Waals surface area contributed by atoms with Crippen LogP contribution in [0.4, 0.5) is 5.69 Å². The van der Waals surface area contributed by atoms with Gasteiger partial charge in [-0.1, -0.05) is 42.1 Å². The topological polar surface area (TPSA) is 38.9 Å². The van der Waals surface area contributed by atoms with E-state index in [1.807, 2.05) is 36.4 Å². The fourth-order valence-electron chi connectivity index (χ4n) is 1.88. The standard InChI is InChI=1S/C15H11BrN2S/c16-11-6-2-4-8-14(11)19-15-10-5-1-3-7-13(10)18-9-12(15)17/h1-9H,17H2. The van der Waals surface area contributed by atoms with Gasteiger partial charge in [-0.15, -0.1) is 0 Å². The highest BCUT2D eigenvalue weighted by Crippen LogP contribution is 2.39. The zero-order valence-corrected chi connectivity index (χ0v) is 12.4. The maximum Gasteiger partial charge on any atom is 0.0715 e. The van der Waals surface area contributed by atoms with Crippen molar-refractivity contribution in [3.63, 3.8) is 0 Å². The van der Waals surface area contributed by atoms with Crippen LogP contribution in [-0.2, 0) is 0 Å². The predicted octanol–water partition coefficient (Wildman–Crippen LogP) is 4.73. The molecular formula is C15H11BrN2S. The average Bonchev–Trinajstić information content (AvgIpc) is 2.44. The third-order valence-corrected chi connectivity index (χ3v) is 4.99. The van der Waals surface area contributed by atoms with Crippen LogP contribution in [0.3, 0.4) is 0 Å². The van der Waals surface area contributed by atoms with Crippen molar-refractivity contribution < 1.29 is 0 Å². The Balaban J connectivity index is 2.15. The molecule has 1 heterocycles. The number of rotatable bonds is 2. The molecule has 2 nitrogen and oxygen atoms in total. The minimum absolute atomic E-state index is 0.708. The summed E-state index contributed by atoms with van der Waals surface area (Å²) in [6.45, 7) is 0. The number of nitrogen functional groups attached to an aromatic ring is 1. The first kappa shape index (κ1) is 12.5. The number of hydrogen-bond donors (Lipinski definition) is 1. The van der Waals surface area contributed by atoms with E-state index in [9.17, 15) is 0 Å². The highest BCUT2D eigenvalue weighted by Gasteiger charge is 2.09. The van der Waals surface area contributed by atoms with Gasteiger partial charge in [0, 0.05) is 19.6 Å². The SMILES string of the molecule is Nc1cnc2ccccc2c1Sc1ccccc1Br. The minimum atomic E-state index is 0.708. The molecule has 19 heavy (non-hydrogen) atoms. The Morgan fingerprint density at radius 1 is 1.00 bits per heavy atom. The van der Waals surface area contributed by atoms with Crippen molar-refractivity contribution in [2.24, 2.45) is 0 Å². The van der Waals surface area contributed by atoms with Crippen LogP contribution in [0.25, 0.3) is 10.9 Å². The van der Waals surface area contributed by atoms with Gasteiger partial charge < -0.3 is 5.73 Å². The van der Waals surface area contributed by atoms with Gasteiger partial charge in [-0.3, -0.25) is 4.98 Å². The molecule has 0 unspecified atom stereocenters. The third-order valence-electron chi connectivity index (χ3n) is 2.80. The summed E-state index contributed by atoms with van der Waals surface area (Å²) in [7, 11) is 0. The number of anilines is 1. The molecule has 0 saturated heterocycles. The zero-order valence-electron chi connectivity index (χ0n) is 10.0. The largest absolute Gasteiger partial charge is 0.397 e. The van der Waals surface area contributed by atoms with Gasteiger partial charge in [0.15, 0.2) is 0 Å². The third kappa shape index (κ3) is 2.46. The summed E-state index contributed by atoms with van der Waals surface area (Å²) in [4.78, 5) is 6.55. The molecule has 0 atom stereocenters. The number of benzene rings is 2. The molecule has 0 amide bonds. The Morgan fingerprint density at radius 3 is 2.58 bits per heavy atom. The highest BCUT2D eigenvalue weighted by molar-refractivity contribution is 9.10. The summed E-state index contributed by atoms with van der Waals surface area (Å²) >= 11 is 5.22. The molecule has 0 aliphatic carbocycles. The lowest BCUT2D eigenvalue weighted by Gasteiger charge is -2.10. The van der Waals surface area contributed by atoms with Crippen molar-refractivity contribution in [3.8, 4) is 0 Å². The first-order chi connectivity index (χ1) is 9.25. The second kappa shape index (κ2) is 5.23. The molecule has 1 aromatic heterocycles. The molecule has 0 radical (unpaired) electrons. The average molecular weight is 331 g/mol. The molecule has 0 fully saturated rings. The molecule has 0 bridgehead atoms. The maximum atomic E-state index is 6.09. The van der Waals surface area contributed by atoms with Gasteiger partial charge in [0.1, 0.15) is 0 Å². The molecule has 3 rings (SSSR count). The van der Waals surface area contributed by atoms with E-state index in [0.717, 1.165) is 25.2 Å². The molecule has 4 heteroatoms. The molecule has 2 aromatic carbocycles. The summed E-state index contributed by atoms with van der Waals surface area (Å²) in [6.07, 6.45) is 1.72. The van der Waals surface area contributed by atoms with Gasteiger partial charge in [-0.05, 0) is 34.1 Å². The Hall–Kier alpha value is -1.52. The van der Waals surface area contributed by atoms with Gasteiger partial charge in [-0.2, -0.15) is 0 Å². The van der Waals surface area contributed by atoms with Crippen LogP contribution in [0, 0.1) is 0 Å². The molecule has 0 aliphatic rings. The van der Waals surface area contributed by atoms with Gasteiger partial charge in [0.25, 0.3) is 0 Å². The van der Waals surface area contributed by atoms with Crippen molar-refractivity contribution in [1.82, 2.24) is 4.98 Å². The van der Waals surface area contributed by atoms with E-state index in [1.54, 1.807) is 18.0 Å². The van der Waals surface area contributed by atoms with Gasteiger partial charge >= 0.3 is 0 Å². The van der Waals surface area contributed by atoms with E-state index in [-0.39, 0.29) is 0 Å². The molecule has 2 N–H and O–H groups in total. The Morgan fingerprint density at radius 2 is 1.74 bits per heavy atom. The van der Waals surface area contributed by atoms with Gasteiger partial charge in [0.05, 0.1) is 17.4 Å². The van der Waals surface area contributed by atoms with Crippen LogP contribution in [0.5, 0.6) is 0 Å². The summed E-state index contributed by atoms with van der Waals surface area (Å²) < 4.78 is 1.07. The molecule has 0 saturated carbocycles. The lowest BCUT2D eigenvalue weighted by atomic mass is 10.2. The monoisotopic (exact) mass is 330 g/mol. The number of nitrogens with zero attached hydrogens (tertiary/aromatic N) is 1. The fraction of sp³-hybridized carbons (Fsp3) is 0. The smallest absolute Gasteiger partial charge is 0.0715 e. The van der Waals surface area contributed by atoms with E-state index >= 15 is 0 Å². The predicted molar refractivity (Wildman–Crippen MR) is 84.4 cm³/mol. The van der Waals surface area contributed by atoms with Gasteiger partial charge in [-0.25, -0.2) is 0 Å². The van der Waals surface area contributed by atoms with Gasteiger partial charge in [0.2, 0.25) is 0 Å². The number of pyridine rings is 1. The molecular weight excluding hydrogens is 320 g/mol. The van der Waals surface area contributed by atoms with Crippen molar-refractivity contribution in [1.29, 1.82) is 0 Å². The second-order valence-corrected chi connectivity index (χ2v) is 6.00. The normalized spacial score (nSPS) is 10.8. The quantitative estimate of drug-likeness (QED) is 0.738. The van der Waals surface area contributed by atoms with Crippen molar-refractivity contribution >= 4 is 44.3 Å². The van der Waals surface area contributed by atoms with E-state index in [0.29, 0.717) is 5.69 Å². The summed E-state index contributed by atoms with van der Waals surface area (Å²) in [6, 6.07) is 16.2. The van der Waals surface area contributed by atoms with Crippen LogP contribution >= 0.6 is 27.7 Å². The van der Waals surface area contributed by atoms with Crippen LogP contribution in [0.15, 0.2) is 69.0 Å². The molecule has 0 aliphatic heterocycles. The molecule has 94 valence electrons. The van der Waals surface area contributed by atoms with Crippen molar-refractivity contribution in [2.45, 2.75) is 9.79 Å². The first-order valence-corrected chi connectivity index (χ1v) is 7.42. The summed E-state index contributed by atoms with van der Waals surface area (Å²) in [5.41, 5.74) is 7.76. The number of para-hydroxylation sites is 1.